The maximum atomic E-state index is 7.60. The van der Waals surface area contributed by atoms with Crippen molar-refractivity contribution in [3.63, 3.8) is 0 Å². The molecule has 0 bridgehead atoms. The van der Waals surface area contributed by atoms with Gasteiger partial charge in [-0.15, -0.1) is 0 Å². The minimum atomic E-state index is -0.266. The van der Waals surface area contributed by atoms with Gasteiger partial charge in [-0.25, -0.2) is 4.98 Å². The normalized spacial score (nSPS) is 11.9. The average molecular weight is 244 g/mol. The zero-order valence-electron chi connectivity index (χ0n) is 11.2. The second-order valence-electron chi connectivity index (χ2n) is 5.35. The van der Waals surface area contributed by atoms with E-state index in [4.69, 9.17) is 11.1 Å². The fourth-order valence-corrected chi connectivity index (χ4v) is 2.00. The monoisotopic (exact) mass is 244 g/mol. The fourth-order valence-electron chi connectivity index (χ4n) is 2.00. The highest BCUT2D eigenvalue weighted by atomic mass is 15.1. The van der Waals surface area contributed by atoms with E-state index in [0.717, 1.165) is 29.8 Å². The first-order chi connectivity index (χ1) is 8.42. The van der Waals surface area contributed by atoms with Crippen LogP contribution in [-0.4, -0.2) is 15.4 Å². The van der Waals surface area contributed by atoms with E-state index in [1.807, 2.05) is 39.0 Å². The van der Waals surface area contributed by atoms with Gasteiger partial charge in [-0.1, -0.05) is 26.0 Å². The van der Waals surface area contributed by atoms with Crippen molar-refractivity contribution in [2.24, 2.45) is 11.1 Å². The number of hydrogen-bond donors (Lipinski definition) is 2. The van der Waals surface area contributed by atoms with E-state index < -0.39 is 0 Å². The Morgan fingerprint density at radius 2 is 2.06 bits per heavy atom. The van der Waals surface area contributed by atoms with Gasteiger partial charge in [0.1, 0.15) is 5.82 Å². The zero-order chi connectivity index (χ0) is 13.3. The van der Waals surface area contributed by atoms with Gasteiger partial charge in [0.05, 0.1) is 16.9 Å². The van der Waals surface area contributed by atoms with Crippen molar-refractivity contribution in [1.82, 2.24) is 9.55 Å². The van der Waals surface area contributed by atoms with Gasteiger partial charge in [0.15, 0.2) is 0 Å². The maximum Gasteiger partial charge on any atom is 0.106 e. The van der Waals surface area contributed by atoms with E-state index in [0.29, 0.717) is 0 Å². The smallest absolute Gasteiger partial charge is 0.106 e. The number of para-hydroxylation sites is 2. The van der Waals surface area contributed by atoms with E-state index in [2.05, 4.69) is 15.6 Å². The highest BCUT2D eigenvalue weighted by molar-refractivity contribution is 5.82. The number of imidazole rings is 1. The first-order valence-corrected chi connectivity index (χ1v) is 6.18. The van der Waals surface area contributed by atoms with Gasteiger partial charge in [-0.3, -0.25) is 5.41 Å². The number of nitrogens with zero attached hydrogens (tertiary/aromatic N) is 2. The van der Waals surface area contributed by atoms with E-state index in [-0.39, 0.29) is 11.3 Å². The summed E-state index contributed by atoms with van der Waals surface area (Å²) in [6.45, 7) is 6.85. The van der Waals surface area contributed by atoms with Crippen LogP contribution in [0.5, 0.6) is 0 Å². The third kappa shape index (κ3) is 2.23. The molecule has 4 nitrogen and oxygen atoms in total. The first-order valence-electron chi connectivity index (χ1n) is 6.18. The van der Waals surface area contributed by atoms with Crippen LogP contribution < -0.4 is 5.73 Å². The molecule has 0 aliphatic carbocycles. The lowest BCUT2D eigenvalue weighted by molar-refractivity contribution is 0.428. The summed E-state index contributed by atoms with van der Waals surface area (Å²) in [5.74, 6) is 1.25. The number of nitrogens with one attached hydrogen (secondary N) is 1. The number of nitrogens with two attached hydrogens (primary N) is 1. The summed E-state index contributed by atoms with van der Waals surface area (Å²) in [6, 6.07) is 8.12. The minimum absolute atomic E-state index is 0.240. The summed E-state index contributed by atoms with van der Waals surface area (Å²) in [5, 5.41) is 7.60. The van der Waals surface area contributed by atoms with Gasteiger partial charge in [-0.2, -0.15) is 0 Å². The van der Waals surface area contributed by atoms with Crippen molar-refractivity contribution >= 4 is 16.9 Å². The van der Waals surface area contributed by atoms with Crippen molar-refractivity contribution in [3.05, 3.63) is 30.1 Å². The van der Waals surface area contributed by atoms with E-state index in [1.54, 1.807) is 0 Å². The van der Waals surface area contributed by atoms with Gasteiger partial charge < -0.3 is 10.3 Å². The minimum Gasteiger partial charge on any atom is -0.387 e. The fraction of sp³-hybridized carbons (Fsp3) is 0.429. The number of amidine groups is 1. The van der Waals surface area contributed by atoms with Crippen LogP contribution in [0.4, 0.5) is 0 Å². The molecule has 96 valence electrons. The predicted octanol–water partition coefficient (Wildman–Crippen LogP) is 2.70. The standard InChI is InChI=1S/C14H20N4/c1-10-17-11-6-4-5-7-12(11)18(10)9-8-14(2,3)13(15)16/h4-7H,8-9H2,1-3H3,(H3,15,16). The lowest BCUT2D eigenvalue weighted by Crippen LogP contribution is -2.31. The summed E-state index contributed by atoms with van der Waals surface area (Å²) in [6.07, 6.45) is 0.837. The maximum absolute atomic E-state index is 7.60. The predicted molar refractivity (Wildman–Crippen MR) is 74.8 cm³/mol. The highest BCUT2D eigenvalue weighted by Gasteiger charge is 2.22. The molecule has 2 aromatic rings. The van der Waals surface area contributed by atoms with Crippen LogP contribution in [0.15, 0.2) is 24.3 Å². The first kappa shape index (κ1) is 12.6. The largest absolute Gasteiger partial charge is 0.387 e. The van der Waals surface area contributed by atoms with Crippen molar-refractivity contribution in [3.8, 4) is 0 Å². The van der Waals surface area contributed by atoms with Crippen LogP contribution in [0.3, 0.4) is 0 Å². The Morgan fingerprint density at radius 3 is 2.72 bits per heavy atom. The molecule has 3 N–H and O–H groups in total. The van der Waals surface area contributed by atoms with Crippen LogP contribution in [0.1, 0.15) is 26.1 Å². The number of hydrogen-bond acceptors (Lipinski definition) is 2. The summed E-state index contributed by atoms with van der Waals surface area (Å²) in [5.41, 5.74) is 7.52. The van der Waals surface area contributed by atoms with Gasteiger partial charge in [0.25, 0.3) is 0 Å². The molecule has 1 aromatic heterocycles. The summed E-state index contributed by atoms with van der Waals surface area (Å²) < 4.78 is 2.19. The molecule has 1 heterocycles. The molecule has 0 aliphatic heterocycles. The molecule has 0 atom stereocenters. The van der Waals surface area contributed by atoms with Gasteiger partial charge in [-0.05, 0) is 25.5 Å². The molecule has 1 aromatic carbocycles. The number of aryl methyl sites for hydroxylation is 2. The van der Waals surface area contributed by atoms with E-state index in [9.17, 15) is 0 Å². The molecule has 0 spiro atoms. The molecule has 0 aliphatic rings. The number of fused-ring (bicyclic) bond motifs is 1. The number of aromatic nitrogens is 2. The summed E-state index contributed by atoms with van der Waals surface area (Å²) in [7, 11) is 0. The molecule has 0 saturated carbocycles. The third-order valence-electron chi connectivity index (χ3n) is 3.53. The van der Waals surface area contributed by atoms with Crippen LogP contribution in [-0.2, 0) is 6.54 Å². The Morgan fingerprint density at radius 1 is 1.39 bits per heavy atom. The van der Waals surface area contributed by atoms with Crippen LogP contribution in [0, 0.1) is 17.7 Å². The molecule has 0 unspecified atom stereocenters. The summed E-state index contributed by atoms with van der Waals surface area (Å²) >= 11 is 0. The van der Waals surface area contributed by atoms with Crippen LogP contribution >= 0.6 is 0 Å². The van der Waals surface area contributed by atoms with Crippen molar-refractivity contribution in [1.29, 1.82) is 5.41 Å². The van der Waals surface area contributed by atoms with Gasteiger partial charge >= 0.3 is 0 Å². The molecule has 18 heavy (non-hydrogen) atoms. The lowest BCUT2D eigenvalue weighted by Gasteiger charge is -2.23. The molecule has 0 radical (unpaired) electrons. The quantitative estimate of drug-likeness (QED) is 0.641. The molecule has 0 amide bonds. The summed E-state index contributed by atoms with van der Waals surface area (Å²) in [4.78, 5) is 4.54. The zero-order valence-corrected chi connectivity index (χ0v) is 11.2. The number of rotatable bonds is 4. The second-order valence-corrected chi connectivity index (χ2v) is 5.35. The molecule has 0 fully saturated rings. The lowest BCUT2D eigenvalue weighted by atomic mass is 9.88. The molecule has 4 heteroatoms. The molecule has 2 rings (SSSR count). The van der Waals surface area contributed by atoms with Gasteiger partial charge in [0, 0.05) is 12.0 Å². The Kier molecular flexibility index (Phi) is 3.11. The highest BCUT2D eigenvalue weighted by Crippen LogP contribution is 2.23. The average Bonchev–Trinajstić information content (AvgIpc) is 2.62. The molecular formula is C14H20N4. The van der Waals surface area contributed by atoms with Crippen molar-refractivity contribution < 1.29 is 0 Å². The molecule has 0 saturated heterocycles. The second kappa shape index (κ2) is 4.44. The third-order valence-corrected chi connectivity index (χ3v) is 3.53. The van der Waals surface area contributed by atoms with Crippen LogP contribution in [0.2, 0.25) is 0 Å². The van der Waals surface area contributed by atoms with Crippen LogP contribution in [0.25, 0.3) is 11.0 Å². The SMILES string of the molecule is Cc1nc2ccccc2n1CCC(C)(C)C(=N)N. The molecular weight excluding hydrogens is 224 g/mol. The Bertz CT molecular complexity index is 580. The van der Waals surface area contributed by atoms with E-state index >= 15 is 0 Å². The Labute approximate surface area is 107 Å². The van der Waals surface area contributed by atoms with E-state index in [1.165, 1.54) is 0 Å². The van der Waals surface area contributed by atoms with Crippen molar-refractivity contribution in [2.75, 3.05) is 0 Å². The Balaban J connectivity index is 2.27. The van der Waals surface area contributed by atoms with Crippen molar-refractivity contribution in [2.45, 2.75) is 33.7 Å². The Hall–Kier alpha value is -1.84. The topological polar surface area (TPSA) is 67.7 Å². The van der Waals surface area contributed by atoms with Gasteiger partial charge in [0.2, 0.25) is 0 Å². The number of benzene rings is 1.